The Kier molecular flexibility index (Phi) is 6.10. The van der Waals surface area contributed by atoms with Crippen molar-refractivity contribution in [2.24, 2.45) is 5.92 Å². The van der Waals surface area contributed by atoms with Crippen LogP contribution in [0, 0.1) is 5.92 Å². The molecule has 2 atom stereocenters. The van der Waals surface area contributed by atoms with E-state index in [0.717, 1.165) is 10.5 Å². The zero-order valence-corrected chi connectivity index (χ0v) is 17.5. The highest BCUT2D eigenvalue weighted by molar-refractivity contribution is 6.00. The Labute approximate surface area is 176 Å². The summed E-state index contributed by atoms with van der Waals surface area (Å²) < 4.78 is 11.2. The molecule has 0 spiro atoms. The molecule has 7 nitrogen and oxygen atoms in total. The molecular weight excluding hydrogens is 384 g/mol. The van der Waals surface area contributed by atoms with Crippen LogP contribution in [0.2, 0.25) is 0 Å². The van der Waals surface area contributed by atoms with Gasteiger partial charge in [-0.15, -0.1) is 0 Å². The van der Waals surface area contributed by atoms with Crippen LogP contribution in [-0.4, -0.2) is 34.6 Å². The highest BCUT2D eigenvalue weighted by atomic mass is 16.6. The second kappa shape index (κ2) is 8.57. The van der Waals surface area contributed by atoms with E-state index in [9.17, 15) is 14.4 Å². The largest absolute Gasteiger partial charge is 0.469 e. The van der Waals surface area contributed by atoms with Crippen molar-refractivity contribution in [3.63, 3.8) is 0 Å². The molecule has 1 heterocycles. The van der Waals surface area contributed by atoms with Gasteiger partial charge < -0.3 is 14.8 Å². The molecule has 1 fully saturated rings. The maximum absolute atomic E-state index is 12.5. The summed E-state index contributed by atoms with van der Waals surface area (Å²) in [5.41, 5.74) is 0.747. The molecule has 1 aliphatic rings. The number of nitrogens with one attached hydrogen (secondary N) is 1. The number of urea groups is 1. The fraction of sp³-hybridized carbons (Fsp3) is 0.348. The Bertz CT molecular complexity index is 919. The summed E-state index contributed by atoms with van der Waals surface area (Å²) in [6, 6.07) is 15.4. The number of esters is 1. The number of rotatable bonds is 5. The van der Waals surface area contributed by atoms with Crippen LogP contribution in [0.5, 0.6) is 5.75 Å². The molecule has 3 rings (SSSR count). The second-order valence-electron chi connectivity index (χ2n) is 8.18. The lowest BCUT2D eigenvalue weighted by Gasteiger charge is -2.43. The highest BCUT2D eigenvalue weighted by Crippen LogP contribution is 2.29. The second-order valence-corrected chi connectivity index (χ2v) is 8.18. The minimum atomic E-state index is -0.708. The molecule has 1 aliphatic heterocycles. The van der Waals surface area contributed by atoms with E-state index in [-0.39, 0.29) is 5.91 Å². The monoisotopic (exact) mass is 410 g/mol. The fourth-order valence-electron chi connectivity index (χ4n) is 2.98. The van der Waals surface area contributed by atoms with E-state index in [2.05, 4.69) is 5.32 Å². The number of hydrogen-bond donors (Lipinski definition) is 1. The van der Waals surface area contributed by atoms with Crippen LogP contribution in [-0.2, 0) is 16.1 Å². The van der Waals surface area contributed by atoms with Gasteiger partial charge in [0.25, 0.3) is 0 Å². The zero-order valence-electron chi connectivity index (χ0n) is 17.5. The van der Waals surface area contributed by atoms with Gasteiger partial charge in [0.15, 0.2) is 6.23 Å². The molecule has 158 valence electrons. The third-order valence-electron chi connectivity index (χ3n) is 4.56. The molecule has 30 heavy (non-hydrogen) atoms. The molecule has 0 aromatic heterocycles. The van der Waals surface area contributed by atoms with E-state index >= 15 is 0 Å². The number of nitrogens with zero attached hydrogens (tertiary/aromatic N) is 1. The smallest absolute Gasteiger partial charge is 0.338 e. The lowest BCUT2D eigenvalue weighted by Crippen LogP contribution is -2.66. The van der Waals surface area contributed by atoms with Crippen molar-refractivity contribution in [2.45, 2.75) is 46.1 Å². The van der Waals surface area contributed by atoms with Crippen molar-refractivity contribution in [3.8, 4) is 5.75 Å². The minimum Gasteiger partial charge on any atom is -0.469 e. The zero-order chi connectivity index (χ0) is 21.9. The van der Waals surface area contributed by atoms with Crippen LogP contribution in [0.25, 0.3) is 0 Å². The number of imide groups is 1. The van der Waals surface area contributed by atoms with Crippen LogP contribution in [0.3, 0.4) is 0 Å². The van der Waals surface area contributed by atoms with Gasteiger partial charge in [0.05, 0.1) is 11.5 Å². The summed E-state index contributed by atoms with van der Waals surface area (Å²) >= 11 is 0. The van der Waals surface area contributed by atoms with Gasteiger partial charge in [-0.1, -0.05) is 30.3 Å². The first-order chi connectivity index (χ1) is 14.2. The minimum absolute atomic E-state index is 0.295. The first kappa shape index (κ1) is 21.4. The number of carbonyl (C=O) groups is 3. The topological polar surface area (TPSA) is 84.9 Å². The third-order valence-corrected chi connectivity index (χ3v) is 4.56. The lowest BCUT2D eigenvalue weighted by atomic mass is 9.98. The van der Waals surface area contributed by atoms with Gasteiger partial charge in [0, 0.05) is 6.54 Å². The number of β-lactam (4-membered cyclic amide) rings is 1. The Hall–Kier alpha value is -3.35. The number of ether oxygens (including phenoxy) is 2. The first-order valence-corrected chi connectivity index (χ1v) is 9.80. The summed E-state index contributed by atoms with van der Waals surface area (Å²) in [7, 11) is 0. The van der Waals surface area contributed by atoms with E-state index in [0.29, 0.717) is 17.9 Å². The Balaban J connectivity index is 1.61. The van der Waals surface area contributed by atoms with Crippen LogP contribution in [0.4, 0.5) is 4.79 Å². The molecule has 0 radical (unpaired) electrons. The molecule has 7 heteroatoms. The Morgan fingerprint density at radius 2 is 1.67 bits per heavy atom. The number of carbonyl (C=O) groups excluding carboxylic acids is 3. The van der Waals surface area contributed by atoms with Crippen LogP contribution in [0.15, 0.2) is 54.6 Å². The molecule has 1 N–H and O–H groups in total. The van der Waals surface area contributed by atoms with E-state index in [1.807, 2.05) is 30.3 Å². The predicted molar refractivity (Wildman–Crippen MR) is 111 cm³/mol. The van der Waals surface area contributed by atoms with Gasteiger partial charge in [0.2, 0.25) is 5.91 Å². The average molecular weight is 410 g/mol. The molecule has 0 aliphatic carbocycles. The highest BCUT2D eigenvalue weighted by Gasteiger charge is 2.50. The SMILES string of the molecule is C[C@@H]1C(=O)N(C(=O)NCc2ccccc2)[C@@H]1Oc1ccc(C(=O)OC(C)(C)C)cc1. The van der Waals surface area contributed by atoms with Crippen molar-refractivity contribution < 1.29 is 23.9 Å². The molecule has 1 saturated heterocycles. The number of likely N-dealkylation sites (tertiary alicyclic amines) is 1. The summed E-state index contributed by atoms with van der Waals surface area (Å²) in [4.78, 5) is 37.9. The normalized spacial score (nSPS) is 18.4. The van der Waals surface area contributed by atoms with Crippen LogP contribution in [0.1, 0.15) is 43.6 Å². The van der Waals surface area contributed by atoms with E-state index in [1.165, 1.54) is 0 Å². The van der Waals surface area contributed by atoms with Gasteiger partial charge in [-0.2, -0.15) is 0 Å². The molecule has 3 amide bonds. The van der Waals surface area contributed by atoms with Crippen molar-refractivity contribution >= 4 is 17.9 Å². The van der Waals surface area contributed by atoms with Gasteiger partial charge in [0.1, 0.15) is 11.4 Å². The predicted octanol–water partition coefficient (Wildman–Crippen LogP) is 3.73. The number of benzene rings is 2. The fourth-order valence-corrected chi connectivity index (χ4v) is 2.98. The standard InChI is InChI=1S/C23H26N2O5/c1-15-19(26)25(22(28)24-14-16-8-6-5-7-9-16)20(15)29-18-12-10-17(11-13-18)21(27)30-23(2,3)4/h5-13,15,20H,14H2,1-4H3,(H,24,28)/t15-,20-/m1/s1. The molecular formula is C23H26N2O5. The van der Waals surface area contributed by atoms with Crippen molar-refractivity contribution in [1.82, 2.24) is 10.2 Å². The van der Waals surface area contributed by atoms with E-state index in [1.54, 1.807) is 52.0 Å². The molecule has 0 unspecified atom stereocenters. The summed E-state index contributed by atoms with van der Waals surface area (Å²) in [6.07, 6.45) is -0.708. The number of amides is 3. The first-order valence-electron chi connectivity index (χ1n) is 9.80. The molecule has 2 aromatic carbocycles. The van der Waals surface area contributed by atoms with Crippen LogP contribution >= 0.6 is 0 Å². The summed E-state index contributed by atoms with van der Waals surface area (Å²) in [5.74, 6) is -0.718. The van der Waals surface area contributed by atoms with Crippen molar-refractivity contribution in [1.29, 1.82) is 0 Å². The molecule has 0 saturated carbocycles. The summed E-state index contributed by atoms with van der Waals surface area (Å²) in [5, 5.41) is 2.74. The molecule has 0 bridgehead atoms. The lowest BCUT2D eigenvalue weighted by molar-refractivity contribution is -0.164. The van der Waals surface area contributed by atoms with Gasteiger partial charge in [-0.3, -0.25) is 4.79 Å². The average Bonchev–Trinajstić information content (AvgIpc) is 2.71. The van der Waals surface area contributed by atoms with Crippen molar-refractivity contribution in [2.75, 3.05) is 0 Å². The maximum atomic E-state index is 12.5. The van der Waals surface area contributed by atoms with Gasteiger partial charge >= 0.3 is 12.0 Å². The molecule has 2 aromatic rings. The Morgan fingerprint density at radius 1 is 1.03 bits per heavy atom. The van der Waals surface area contributed by atoms with Crippen molar-refractivity contribution in [3.05, 3.63) is 65.7 Å². The van der Waals surface area contributed by atoms with E-state index < -0.39 is 29.7 Å². The number of hydrogen-bond acceptors (Lipinski definition) is 5. The maximum Gasteiger partial charge on any atom is 0.338 e. The van der Waals surface area contributed by atoms with E-state index in [4.69, 9.17) is 9.47 Å². The third kappa shape index (κ3) is 4.97. The van der Waals surface area contributed by atoms with Crippen LogP contribution < -0.4 is 10.1 Å². The van der Waals surface area contributed by atoms with Gasteiger partial charge in [-0.25, -0.2) is 14.5 Å². The summed E-state index contributed by atoms with van der Waals surface area (Å²) in [6.45, 7) is 7.43. The van der Waals surface area contributed by atoms with Gasteiger partial charge in [-0.05, 0) is 57.5 Å². The quantitative estimate of drug-likeness (QED) is 0.600. The Morgan fingerprint density at radius 3 is 2.27 bits per heavy atom.